The molecule has 1 N–H and O–H groups in total. The molecule has 3 rings (SSSR count). The van der Waals surface area contributed by atoms with Crippen LogP contribution in [0.15, 0.2) is 36.4 Å². The first-order valence-corrected chi connectivity index (χ1v) is 13.0. The second kappa shape index (κ2) is 9.43. The second-order valence-corrected chi connectivity index (χ2v) is 10.6. The largest absolute Gasteiger partial charge is 0.348 e. The quantitative estimate of drug-likeness (QED) is 0.681. The lowest BCUT2D eigenvalue weighted by Gasteiger charge is -2.32. The van der Waals surface area contributed by atoms with Gasteiger partial charge in [0.25, 0.3) is 0 Å². The maximum atomic E-state index is 13.3. The lowest BCUT2D eigenvalue weighted by Crippen LogP contribution is -2.50. The summed E-state index contributed by atoms with van der Waals surface area (Å²) in [5, 5.41) is 3.07. The Morgan fingerprint density at radius 2 is 1.74 bits per heavy atom. The Hall–Kier alpha value is -2.34. The first-order valence-electron chi connectivity index (χ1n) is 11.1. The van der Waals surface area contributed by atoms with E-state index in [1.807, 2.05) is 45.9 Å². The average Bonchev–Trinajstić information content (AvgIpc) is 2.72. The highest BCUT2D eigenvalue weighted by atomic mass is 32.2. The van der Waals surface area contributed by atoms with Crippen molar-refractivity contribution >= 4 is 21.6 Å². The highest BCUT2D eigenvalue weighted by molar-refractivity contribution is 7.92. The normalized spacial score (nSPS) is 15.6. The molecule has 0 fully saturated rings. The van der Waals surface area contributed by atoms with E-state index < -0.39 is 16.1 Å². The van der Waals surface area contributed by atoms with E-state index >= 15 is 0 Å². The third-order valence-electron chi connectivity index (χ3n) is 6.16. The predicted octanol–water partition coefficient (Wildman–Crippen LogP) is 4.60. The van der Waals surface area contributed by atoms with E-state index in [1.165, 1.54) is 28.3 Å². The molecule has 2 atom stereocenters. The smallest absolute Gasteiger partial charge is 0.244 e. The molecule has 0 aliphatic heterocycles. The van der Waals surface area contributed by atoms with Crippen LogP contribution in [0.1, 0.15) is 67.0 Å². The fraction of sp³-hybridized carbons (Fsp3) is 0.480. The number of sulfonamides is 1. The van der Waals surface area contributed by atoms with Crippen LogP contribution in [0.2, 0.25) is 0 Å². The number of rotatable bonds is 7. The zero-order chi connectivity index (χ0) is 22.8. The van der Waals surface area contributed by atoms with Crippen LogP contribution in [-0.2, 0) is 27.7 Å². The minimum Gasteiger partial charge on any atom is -0.348 e. The van der Waals surface area contributed by atoms with Crippen LogP contribution in [0.5, 0.6) is 0 Å². The van der Waals surface area contributed by atoms with E-state index in [1.54, 1.807) is 0 Å². The highest BCUT2D eigenvalue weighted by Crippen LogP contribution is 2.29. The van der Waals surface area contributed by atoms with Gasteiger partial charge in [-0.3, -0.25) is 9.10 Å². The van der Waals surface area contributed by atoms with Crippen LogP contribution >= 0.6 is 0 Å². The summed E-state index contributed by atoms with van der Waals surface area (Å²) in [7, 11) is -3.65. The first kappa shape index (κ1) is 23.3. The predicted molar refractivity (Wildman–Crippen MR) is 127 cm³/mol. The van der Waals surface area contributed by atoms with Crippen molar-refractivity contribution in [3.63, 3.8) is 0 Å². The average molecular weight is 443 g/mol. The minimum absolute atomic E-state index is 0.200. The molecule has 168 valence electrons. The molecule has 0 saturated carbocycles. The Balaban J connectivity index is 1.87. The molecule has 6 heteroatoms. The number of hydrogen-bond acceptors (Lipinski definition) is 3. The van der Waals surface area contributed by atoms with Crippen molar-refractivity contribution < 1.29 is 13.2 Å². The van der Waals surface area contributed by atoms with Gasteiger partial charge < -0.3 is 5.32 Å². The number of nitrogens with zero attached hydrogens (tertiary/aromatic N) is 1. The van der Waals surface area contributed by atoms with Gasteiger partial charge in [0.05, 0.1) is 18.0 Å². The first-order chi connectivity index (χ1) is 14.6. The summed E-state index contributed by atoms with van der Waals surface area (Å²) in [6.45, 7) is 7.59. The van der Waals surface area contributed by atoms with Crippen molar-refractivity contribution in [3.05, 3.63) is 64.2 Å². The van der Waals surface area contributed by atoms with E-state index in [2.05, 4.69) is 23.5 Å². The molecule has 0 radical (unpaired) electrons. The van der Waals surface area contributed by atoms with Crippen molar-refractivity contribution in [2.24, 2.45) is 0 Å². The lowest BCUT2D eigenvalue weighted by molar-refractivity contribution is -0.122. The van der Waals surface area contributed by atoms with E-state index in [-0.39, 0.29) is 11.9 Å². The second-order valence-electron chi connectivity index (χ2n) is 8.74. The molecular weight excluding hydrogens is 408 g/mol. The molecule has 0 heterocycles. The summed E-state index contributed by atoms with van der Waals surface area (Å²) in [6, 6.07) is 11.1. The van der Waals surface area contributed by atoms with Crippen LogP contribution in [0.4, 0.5) is 5.69 Å². The van der Waals surface area contributed by atoms with Crippen LogP contribution in [0.3, 0.4) is 0 Å². The molecular formula is C25H34N2O3S. The van der Waals surface area contributed by atoms with Gasteiger partial charge in [0, 0.05) is 0 Å². The van der Waals surface area contributed by atoms with Gasteiger partial charge in [-0.05, 0) is 86.8 Å². The van der Waals surface area contributed by atoms with Gasteiger partial charge in [0.2, 0.25) is 15.9 Å². The summed E-state index contributed by atoms with van der Waals surface area (Å²) < 4.78 is 26.8. The molecule has 0 saturated heterocycles. The lowest BCUT2D eigenvalue weighted by atomic mass is 9.89. The number of amides is 1. The maximum Gasteiger partial charge on any atom is 0.244 e. The minimum atomic E-state index is -3.65. The Morgan fingerprint density at radius 1 is 1.06 bits per heavy atom. The summed E-state index contributed by atoms with van der Waals surface area (Å²) in [5.41, 5.74) is 6.16. The number of anilines is 1. The fourth-order valence-corrected chi connectivity index (χ4v) is 5.67. The molecule has 1 aliphatic carbocycles. The molecule has 31 heavy (non-hydrogen) atoms. The van der Waals surface area contributed by atoms with Gasteiger partial charge in [-0.2, -0.15) is 0 Å². The zero-order valence-corrected chi connectivity index (χ0v) is 20.1. The molecule has 0 bridgehead atoms. The number of carbonyl (C=O) groups is 1. The van der Waals surface area contributed by atoms with Crippen LogP contribution < -0.4 is 9.62 Å². The van der Waals surface area contributed by atoms with Gasteiger partial charge in [0.15, 0.2) is 0 Å². The Bertz CT molecular complexity index is 1060. The number of benzene rings is 2. The van der Waals surface area contributed by atoms with Crippen molar-refractivity contribution in [3.8, 4) is 0 Å². The SMILES string of the molecule is CC[C@@H](C(=O)N[C@H](C)c1ccc2c(c1)CCCC2)N(c1cc(C)ccc1C)S(C)(=O)=O. The number of fused-ring (bicyclic) bond motifs is 1. The van der Waals surface area contributed by atoms with Crippen molar-refractivity contribution in [1.82, 2.24) is 5.32 Å². The topological polar surface area (TPSA) is 66.5 Å². The molecule has 5 nitrogen and oxygen atoms in total. The fourth-order valence-electron chi connectivity index (χ4n) is 4.41. The third-order valence-corrected chi connectivity index (χ3v) is 7.33. The molecule has 1 amide bonds. The van der Waals surface area contributed by atoms with Crippen LogP contribution in [0.25, 0.3) is 0 Å². The molecule has 0 spiro atoms. The maximum absolute atomic E-state index is 13.3. The van der Waals surface area contributed by atoms with Gasteiger partial charge in [-0.15, -0.1) is 0 Å². The monoisotopic (exact) mass is 442 g/mol. The molecule has 2 aromatic carbocycles. The van der Waals surface area contributed by atoms with E-state index in [4.69, 9.17) is 0 Å². The molecule has 2 aromatic rings. The highest BCUT2D eigenvalue weighted by Gasteiger charge is 2.33. The number of hydrogen-bond donors (Lipinski definition) is 1. The third kappa shape index (κ3) is 5.29. The Kier molecular flexibility index (Phi) is 7.10. The Labute approximate surface area is 186 Å². The van der Waals surface area contributed by atoms with Gasteiger partial charge in [0.1, 0.15) is 6.04 Å². The number of aryl methyl sites for hydroxylation is 4. The van der Waals surface area contributed by atoms with E-state index in [9.17, 15) is 13.2 Å². The van der Waals surface area contributed by atoms with Gasteiger partial charge in [-0.1, -0.05) is 37.3 Å². The standard InChI is InChI=1S/C25H34N2O3S/c1-6-23(27(31(5,29)30)24-15-17(2)11-12-18(24)3)25(28)26-19(4)21-14-13-20-9-7-8-10-22(20)16-21/h11-16,19,23H,6-10H2,1-5H3,(H,26,28)/t19-,23+/m1/s1. The van der Waals surface area contributed by atoms with Gasteiger partial charge >= 0.3 is 0 Å². The molecule has 0 aromatic heterocycles. The van der Waals surface area contributed by atoms with E-state index in [0.29, 0.717) is 12.1 Å². The van der Waals surface area contributed by atoms with Crippen molar-refractivity contribution in [2.45, 2.75) is 71.9 Å². The molecule has 1 aliphatic rings. The number of nitrogens with one attached hydrogen (secondary N) is 1. The van der Waals surface area contributed by atoms with Crippen LogP contribution in [0, 0.1) is 13.8 Å². The van der Waals surface area contributed by atoms with Crippen LogP contribution in [-0.4, -0.2) is 26.6 Å². The summed E-state index contributed by atoms with van der Waals surface area (Å²) in [5.74, 6) is -0.279. The van der Waals surface area contributed by atoms with Gasteiger partial charge in [-0.25, -0.2) is 8.42 Å². The Morgan fingerprint density at radius 3 is 2.39 bits per heavy atom. The summed E-state index contributed by atoms with van der Waals surface area (Å²) in [4.78, 5) is 13.3. The zero-order valence-electron chi connectivity index (χ0n) is 19.2. The number of carbonyl (C=O) groups excluding carboxylic acids is 1. The van der Waals surface area contributed by atoms with E-state index in [0.717, 1.165) is 35.8 Å². The van der Waals surface area contributed by atoms with Crippen molar-refractivity contribution in [2.75, 3.05) is 10.6 Å². The summed E-state index contributed by atoms with van der Waals surface area (Å²) >= 11 is 0. The van der Waals surface area contributed by atoms with Crippen molar-refractivity contribution in [1.29, 1.82) is 0 Å². The molecule has 0 unspecified atom stereocenters. The summed E-state index contributed by atoms with van der Waals surface area (Å²) in [6.07, 6.45) is 6.18.